The highest BCUT2D eigenvalue weighted by molar-refractivity contribution is 6.22. The van der Waals surface area contributed by atoms with Gasteiger partial charge in [-0.25, -0.2) is 4.39 Å². The summed E-state index contributed by atoms with van der Waals surface area (Å²) in [6, 6.07) is 14.6. The van der Waals surface area contributed by atoms with E-state index in [0.29, 0.717) is 13.1 Å². The summed E-state index contributed by atoms with van der Waals surface area (Å²) in [6.07, 6.45) is 0. The highest BCUT2D eigenvalue weighted by atomic mass is 35.5. The molecule has 2 aromatic carbocycles. The van der Waals surface area contributed by atoms with Gasteiger partial charge in [0.1, 0.15) is 5.82 Å². The van der Waals surface area contributed by atoms with E-state index in [1.54, 1.807) is 12.1 Å². The summed E-state index contributed by atoms with van der Waals surface area (Å²) in [6.45, 7) is 1.21. The maximum absolute atomic E-state index is 13.7. The Hall–Kier alpha value is -1.87. The summed E-state index contributed by atoms with van der Waals surface area (Å²) in [5.74, 6) is -0.256. The van der Waals surface area contributed by atoms with Gasteiger partial charge in [-0.2, -0.15) is 0 Å². The number of fused-ring (bicyclic) bond motifs is 1. The summed E-state index contributed by atoms with van der Waals surface area (Å²) < 4.78 is 13.7. The Balaban J connectivity index is 2.19. The van der Waals surface area contributed by atoms with Gasteiger partial charge in [0.2, 0.25) is 0 Å². The van der Waals surface area contributed by atoms with E-state index in [9.17, 15) is 4.39 Å². The minimum Gasteiger partial charge on any atom is -0.372 e. The van der Waals surface area contributed by atoms with Gasteiger partial charge in [0.15, 0.2) is 0 Å². The van der Waals surface area contributed by atoms with Gasteiger partial charge in [-0.15, -0.1) is 11.6 Å². The normalized spacial score (nSPS) is 21.0. The molecule has 4 heteroatoms. The van der Waals surface area contributed by atoms with E-state index >= 15 is 0 Å². The molecular weight excluding hydrogens is 287 g/mol. The van der Waals surface area contributed by atoms with E-state index in [4.69, 9.17) is 11.6 Å². The van der Waals surface area contributed by atoms with E-state index in [-0.39, 0.29) is 11.2 Å². The lowest BCUT2D eigenvalue weighted by molar-refractivity contribution is 0.627. The Morgan fingerprint density at radius 1 is 1.19 bits per heavy atom. The van der Waals surface area contributed by atoms with Crippen molar-refractivity contribution in [1.82, 2.24) is 0 Å². The largest absolute Gasteiger partial charge is 0.372 e. The minimum absolute atomic E-state index is 0.0630. The zero-order valence-corrected chi connectivity index (χ0v) is 12.5. The highest BCUT2D eigenvalue weighted by Gasteiger charge is 2.20. The first kappa shape index (κ1) is 14.1. The molecule has 3 rings (SSSR count). The Bertz CT molecular complexity index is 670. The second-order valence-electron chi connectivity index (χ2n) is 5.19. The summed E-state index contributed by atoms with van der Waals surface area (Å²) in [7, 11) is 1.97. The van der Waals surface area contributed by atoms with Crippen LogP contribution in [0.2, 0.25) is 0 Å². The predicted octanol–water partition coefficient (Wildman–Crippen LogP) is 3.72. The summed E-state index contributed by atoms with van der Waals surface area (Å²) >= 11 is 6.32. The minimum atomic E-state index is -0.256. The molecule has 0 aromatic heterocycles. The van der Waals surface area contributed by atoms with Crippen LogP contribution in [-0.4, -0.2) is 31.2 Å². The molecule has 0 spiro atoms. The lowest BCUT2D eigenvalue weighted by Gasteiger charge is -2.27. The second-order valence-corrected chi connectivity index (χ2v) is 5.81. The molecule has 1 atom stereocenters. The van der Waals surface area contributed by atoms with Crippen LogP contribution in [0.5, 0.6) is 0 Å². The number of nitrogens with zero attached hydrogens (tertiary/aromatic N) is 2. The van der Waals surface area contributed by atoms with Crippen molar-refractivity contribution in [2.24, 2.45) is 4.99 Å². The molecule has 1 unspecified atom stereocenters. The molecule has 0 fully saturated rings. The molecule has 0 bridgehead atoms. The molecule has 108 valence electrons. The number of aliphatic imine (C=N–C) groups is 1. The van der Waals surface area contributed by atoms with Gasteiger partial charge in [0, 0.05) is 30.4 Å². The standard InChI is InChI=1S/C17H16ClFN2/c1-21-11-13(18)10-20-17(12-5-3-2-4-6-12)15-9-14(19)7-8-16(15)21/h2-9,13H,10-11H2,1H3/b20-17-. The average Bonchev–Trinajstić information content (AvgIpc) is 2.47. The molecule has 0 aliphatic carbocycles. The first-order valence-electron chi connectivity index (χ1n) is 6.90. The lowest BCUT2D eigenvalue weighted by Crippen LogP contribution is -2.31. The third kappa shape index (κ3) is 2.93. The topological polar surface area (TPSA) is 15.6 Å². The Morgan fingerprint density at radius 3 is 2.71 bits per heavy atom. The monoisotopic (exact) mass is 302 g/mol. The fraction of sp³-hybridized carbons (Fsp3) is 0.235. The number of benzene rings is 2. The molecule has 0 saturated carbocycles. The van der Waals surface area contributed by atoms with Crippen LogP contribution in [0.25, 0.3) is 0 Å². The van der Waals surface area contributed by atoms with Crippen molar-refractivity contribution in [2.75, 3.05) is 25.0 Å². The number of rotatable bonds is 1. The fourth-order valence-corrected chi connectivity index (χ4v) is 2.88. The maximum atomic E-state index is 13.7. The van der Waals surface area contributed by atoms with E-state index in [1.807, 2.05) is 37.4 Å². The number of halogens is 2. The van der Waals surface area contributed by atoms with Crippen LogP contribution >= 0.6 is 11.6 Å². The molecule has 1 aliphatic rings. The molecule has 2 aromatic rings. The van der Waals surface area contributed by atoms with Crippen molar-refractivity contribution >= 4 is 23.0 Å². The van der Waals surface area contributed by atoms with Crippen LogP contribution in [0.4, 0.5) is 10.1 Å². The molecule has 0 N–H and O–H groups in total. The number of alkyl halides is 1. The smallest absolute Gasteiger partial charge is 0.124 e. The molecular formula is C17H16ClFN2. The van der Waals surface area contributed by atoms with Gasteiger partial charge in [-0.1, -0.05) is 30.3 Å². The molecule has 0 radical (unpaired) electrons. The number of anilines is 1. The molecule has 2 nitrogen and oxygen atoms in total. The number of hydrogen-bond donors (Lipinski definition) is 0. The maximum Gasteiger partial charge on any atom is 0.124 e. The van der Waals surface area contributed by atoms with E-state index < -0.39 is 0 Å². The van der Waals surface area contributed by atoms with Crippen LogP contribution in [0, 0.1) is 5.82 Å². The van der Waals surface area contributed by atoms with Gasteiger partial charge in [-0.05, 0) is 18.2 Å². The van der Waals surface area contributed by atoms with Crippen molar-refractivity contribution in [3.8, 4) is 0 Å². The third-order valence-corrected chi connectivity index (χ3v) is 3.87. The van der Waals surface area contributed by atoms with E-state index in [1.165, 1.54) is 6.07 Å². The molecule has 1 aliphatic heterocycles. The Morgan fingerprint density at radius 2 is 1.95 bits per heavy atom. The third-order valence-electron chi connectivity index (χ3n) is 3.59. The first-order valence-corrected chi connectivity index (χ1v) is 7.34. The van der Waals surface area contributed by atoms with Gasteiger partial charge in [0.05, 0.1) is 17.6 Å². The van der Waals surface area contributed by atoms with Crippen LogP contribution in [0.3, 0.4) is 0 Å². The van der Waals surface area contributed by atoms with Crippen molar-refractivity contribution < 1.29 is 4.39 Å². The zero-order valence-electron chi connectivity index (χ0n) is 11.8. The highest BCUT2D eigenvalue weighted by Crippen LogP contribution is 2.27. The van der Waals surface area contributed by atoms with Crippen LogP contribution < -0.4 is 4.90 Å². The van der Waals surface area contributed by atoms with Crippen molar-refractivity contribution in [3.05, 3.63) is 65.5 Å². The van der Waals surface area contributed by atoms with Gasteiger partial charge in [0.25, 0.3) is 0 Å². The van der Waals surface area contributed by atoms with Crippen molar-refractivity contribution in [3.63, 3.8) is 0 Å². The average molecular weight is 303 g/mol. The van der Waals surface area contributed by atoms with Crippen molar-refractivity contribution in [1.29, 1.82) is 0 Å². The fourth-order valence-electron chi connectivity index (χ4n) is 2.60. The summed E-state index contributed by atoms with van der Waals surface area (Å²) in [5.41, 5.74) is 3.53. The van der Waals surface area contributed by atoms with Crippen molar-refractivity contribution in [2.45, 2.75) is 5.38 Å². The summed E-state index contributed by atoms with van der Waals surface area (Å²) in [5, 5.41) is -0.0630. The van der Waals surface area contributed by atoms with Crippen LogP contribution in [0.1, 0.15) is 11.1 Å². The van der Waals surface area contributed by atoms with Gasteiger partial charge in [-0.3, -0.25) is 4.99 Å². The zero-order chi connectivity index (χ0) is 14.8. The quantitative estimate of drug-likeness (QED) is 0.733. The summed E-state index contributed by atoms with van der Waals surface area (Å²) in [4.78, 5) is 6.70. The molecule has 0 amide bonds. The molecule has 0 saturated heterocycles. The second kappa shape index (κ2) is 5.86. The molecule has 1 heterocycles. The number of hydrogen-bond acceptors (Lipinski definition) is 2. The van der Waals surface area contributed by atoms with Crippen LogP contribution in [-0.2, 0) is 0 Å². The lowest BCUT2D eigenvalue weighted by atomic mass is 9.99. The van der Waals surface area contributed by atoms with Gasteiger partial charge >= 0.3 is 0 Å². The van der Waals surface area contributed by atoms with E-state index in [0.717, 1.165) is 22.5 Å². The predicted molar refractivity (Wildman–Crippen MR) is 86.3 cm³/mol. The van der Waals surface area contributed by atoms with Gasteiger partial charge < -0.3 is 4.90 Å². The van der Waals surface area contributed by atoms with E-state index in [2.05, 4.69) is 9.89 Å². The Labute approximate surface area is 128 Å². The Kier molecular flexibility index (Phi) is 3.93. The molecule has 21 heavy (non-hydrogen) atoms. The SMILES string of the molecule is CN1CC(Cl)C/N=C(/c2ccccc2)c2cc(F)ccc21. The first-order chi connectivity index (χ1) is 10.1. The van der Waals surface area contributed by atoms with Crippen LogP contribution in [0.15, 0.2) is 53.5 Å².